The fourth-order valence-electron chi connectivity index (χ4n) is 5.00. The van der Waals surface area contributed by atoms with E-state index in [1.165, 1.54) is 0 Å². The number of hydrogen-bond acceptors (Lipinski definition) is 5. The molecule has 7 heteroatoms. The molecular weight excluding hydrogens is 500 g/mol. The Morgan fingerprint density at radius 1 is 0.975 bits per heavy atom. The number of pyridine rings is 1. The van der Waals surface area contributed by atoms with Crippen molar-refractivity contribution in [2.75, 3.05) is 13.1 Å². The fraction of sp³-hybridized carbons (Fsp3) is 0.333. The number of aryl methyl sites for hydroxylation is 4. The summed E-state index contributed by atoms with van der Waals surface area (Å²) in [4.78, 5) is 17.3. The van der Waals surface area contributed by atoms with E-state index >= 15 is 0 Å². The van der Waals surface area contributed by atoms with E-state index in [0.717, 1.165) is 51.4 Å². The van der Waals surface area contributed by atoms with Crippen LogP contribution in [0.15, 0.2) is 66.9 Å². The lowest BCUT2D eigenvalue weighted by Crippen LogP contribution is -2.32. The van der Waals surface area contributed by atoms with Crippen LogP contribution in [0.1, 0.15) is 62.6 Å². The normalized spacial score (nSPS) is 12.8. The van der Waals surface area contributed by atoms with Crippen molar-refractivity contribution in [1.82, 2.24) is 20.2 Å². The average molecular weight is 541 g/mol. The van der Waals surface area contributed by atoms with Crippen molar-refractivity contribution in [3.05, 3.63) is 112 Å². The maximum Gasteiger partial charge on any atom is 0.251 e. The Balaban J connectivity index is 1.26. The summed E-state index contributed by atoms with van der Waals surface area (Å²) in [7, 11) is 0. The topological polar surface area (TPSA) is 99.4 Å². The van der Waals surface area contributed by atoms with Crippen LogP contribution >= 0.6 is 0 Å². The van der Waals surface area contributed by atoms with E-state index in [0.29, 0.717) is 30.8 Å². The maximum absolute atomic E-state index is 12.8. The minimum absolute atomic E-state index is 0.103. The molecule has 2 aromatic carbocycles. The number of aliphatic hydroxyl groups is 1. The third kappa shape index (κ3) is 7.17. The number of rotatable bonds is 11. The van der Waals surface area contributed by atoms with E-state index in [2.05, 4.69) is 39.2 Å². The second-order valence-corrected chi connectivity index (χ2v) is 10.7. The Hall–Kier alpha value is -3.94. The zero-order chi connectivity index (χ0) is 28.8. The molecule has 0 spiro atoms. The van der Waals surface area contributed by atoms with Crippen LogP contribution in [0.25, 0.3) is 5.82 Å². The van der Waals surface area contributed by atoms with E-state index < -0.39 is 6.10 Å². The molecule has 0 bridgehead atoms. The van der Waals surface area contributed by atoms with Gasteiger partial charge < -0.3 is 25.4 Å². The monoisotopic (exact) mass is 540 g/mol. The Labute approximate surface area is 236 Å². The first-order valence-corrected chi connectivity index (χ1v) is 13.8. The maximum atomic E-state index is 12.8. The first-order chi connectivity index (χ1) is 19.1. The molecule has 2 heterocycles. The van der Waals surface area contributed by atoms with E-state index in [4.69, 9.17) is 0 Å². The SMILES string of the molecule is Cc1cc(CCNC(=O)c2cccc(C[C@@H](C)NC[C@H](O)c3ccc(-n4c(C)ccc4C)nc3)c2)c(C)cc1O. The van der Waals surface area contributed by atoms with Crippen molar-refractivity contribution in [3.63, 3.8) is 0 Å². The molecule has 0 saturated carbocycles. The lowest BCUT2D eigenvalue weighted by Gasteiger charge is -2.18. The number of benzene rings is 2. The molecule has 210 valence electrons. The largest absolute Gasteiger partial charge is 0.508 e. The highest BCUT2D eigenvalue weighted by atomic mass is 16.3. The quantitative estimate of drug-likeness (QED) is 0.214. The van der Waals surface area contributed by atoms with Gasteiger partial charge in [0.05, 0.1) is 6.10 Å². The van der Waals surface area contributed by atoms with Crippen molar-refractivity contribution in [1.29, 1.82) is 0 Å². The Morgan fingerprint density at radius 3 is 2.42 bits per heavy atom. The molecule has 2 atom stereocenters. The zero-order valence-corrected chi connectivity index (χ0v) is 24.0. The molecule has 0 aliphatic heterocycles. The first kappa shape index (κ1) is 29.1. The number of aromatic nitrogens is 2. The number of hydrogen-bond donors (Lipinski definition) is 4. The van der Waals surface area contributed by atoms with Crippen molar-refractivity contribution < 1.29 is 15.0 Å². The number of nitrogens with one attached hydrogen (secondary N) is 2. The summed E-state index contributed by atoms with van der Waals surface area (Å²) >= 11 is 0. The van der Waals surface area contributed by atoms with Gasteiger partial charge in [-0.2, -0.15) is 0 Å². The highest BCUT2D eigenvalue weighted by Gasteiger charge is 2.13. The highest BCUT2D eigenvalue weighted by molar-refractivity contribution is 5.94. The molecule has 7 nitrogen and oxygen atoms in total. The summed E-state index contributed by atoms with van der Waals surface area (Å²) in [6.45, 7) is 10.9. The van der Waals surface area contributed by atoms with Crippen LogP contribution in [0.4, 0.5) is 0 Å². The number of aliphatic hydroxyl groups excluding tert-OH is 1. The van der Waals surface area contributed by atoms with Crippen LogP contribution in [0.3, 0.4) is 0 Å². The minimum atomic E-state index is -0.672. The predicted octanol–water partition coefficient (Wildman–Crippen LogP) is 5.04. The van der Waals surface area contributed by atoms with Gasteiger partial charge in [0.2, 0.25) is 0 Å². The summed E-state index contributed by atoms with van der Waals surface area (Å²) < 4.78 is 2.09. The Kier molecular flexibility index (Phi) is 9.40. The van der Waals surface area contributed by atoms with Crippen molar-refractivity contribution in [2.24, 2.45) is 0 Å². The first-order valence-electron chi connectivity index (χ1n) is 13.8. The lowest BCUT2D eigenvalue weighted by atomic mass is 10.0. The van der Waals surface area contributed by atoms with Crippen molar-refractivity contribution >= 4 is 5.91 Å². The van der Waals surface area contributed by atoms with E-state index in [9.17, 15) is 15.0 Å². The van der Waals surface area contributed by atoms with Crippen LogP contribution in [-0.4, -0.2) is 44.8 Å². The van der Waals surface area contributed by atoms with Crippen LogP contribution < -0.4 is 10.6 Å². The van der Waals surface area contributed by atoms with Gasteiger partial charge >= 0.3 is 0 Å². The molecule has 4 aromatic rings. The molecule has 0 radical (unpaired) electrons. The molecule has 0 unspecified atom stereocenters. The lowest BCUT2D eigenvalue weighted by molar-refractivity contribution is 0.0954. The summed E-state index contributed by atoms with van der Waals surface area (Å²) in [6, 6.07) is 19.5. The molecule has 2 aromatic heterocycles. The predicted molar refractivity (Wildman–Crippen MR) is 159 cm³/mol. The summed E-state index contributed by atoms with van der Waals surface area (Å²) in [6.07, 6.45) is 2.49. The number of phenols is 1. The van der Waals surface area contributed by atoms with Crippen LogP contribution in [-0.2, 0) is 12.8 Å². The van der Waals surface area contributed by atoms with Gasteiger partial charge in [-0.3, -0.25) is 4.79 Å². The number of aromatic hydroxyl groups is 1. The molecule has 0 aliphatic rings. The van der Waals surface area contributed by atoms with Crippen LogP contribution in [0.5, 0.6) is 5.75 Å². The molecular formula is C33H40N4O3. The standard InChI is InChI=1S/C33H40N4O3/c1-21-16-30(38)22(2)15-27(21)13-14-34-33(40)28-8-6-7-26(18-28)17-23(3)35-20-31(39)29-11-12-32(36-19-29)37-24(4)9-10-25(37)5/h6-12,15-16,18-19,23,31,35,38-39H,13-14,17,20H2,1-5H3,(H,34,40)/t23-,31+/m1/s1. The van der Waals surface area contributed by atoms with E-state index in [1.807, 2.05) is 70.2 Å². The molecule has 1 amide bonds. The zero-order valence-electron chi connectivity index (χ0n) is 24.0. The second kappa shape index (κ2) is 12.9. The number of carbonyl (C=O) groups excluding carboxylic acids is 1. The van der Waals surface area contributed by atoms with Gasteiger partial charge in [-0.15, -0.1) is 0 Å². The van der Waals surface area contributed by atoms with Gasteiger partial charge in [0.15, 0.2) is 0 Å². The summed E-state index contributed by atoms with van der Waals surface area (Å²) in [5, 5.41) is 27.0. The van der Waals surface area contributed by atoms with E-state index in [-0.39, 0.29) is 11.9 Å². The fourth-order valence-corrected chi connectivity index (χ4v) is 5.00. The number of amides is 1. The highest BCUT2D eigenvalue weighted by Crippen LogP contribution is 2.22. The molecule has 0 saturated heterocycles. The van der Waals surface area contributed by atoms with Crippen LogP contribution in [0, 0.1) is 27.7 Å². The summed E-state index contributed by atoms with van der Waals surface area (Å²) in [5.74, 6) is 1.03. The number of nitrogens with zero attached hydrogens (tertiary/aromatic N) is 2. The Bertz CT molecular complexity index is 1440. The average Bonchev–Trinajstić information content (AvgIpc) is 3.27. The van der Waals surface area contributed by atoms with Crippen LogP contribution in [0.2, 0.25) is 0 Å². The third-order valence-corrected chi connectivity index (χ3v) is 7.38. The van der Waals surface area contributed by atoms with Gasteiger partial charge in [-0.05, 0) is 106 Å². The summed E-state index contributed by atoms with van der Waals surface area (Å²) in [5.41, 5.74) is 7.65. The number of carbonyl (C=O) groups is 1. The number of phenolic OH excluding ortho intramolecular Hbond substituents is 1. The van der Waals surface area contributed by atoms with Gasteiger partial charge in [0.1, 0.15) is 11.6 Å². The molecule has 40 heavy (non-hydrogen) atoms. The minimum Gasteiger partial charge on any atom is -0.508 e. The third-order valence-electron chi connectivity index (χ3n) is 7.38. The van der Waals surface area contributed by atoms with Gasteiger partial charge in [-0.1, -0.05) is 24.3 Å². The smallest absolute Gasteiger partial charge is 0.251 e. The molecule has 4 rings (SSSR count). The van der Waals surface area contributed by atoms with E-state index in [1.54, 1.807) is 12.3 Å². The molecule has 0 fully saturated rings. The van der Waals surface area contributed by atoms with Gasteiger partial charge in [0.25, 0.3) is 5.91 Å². The Morgan fingerprint density at radius 2 is 1.73 bits per heavy atom. The molecule has 4 N–H and O–H groups in total. The van der Waals surface area contributed by atoms with Crippen molar-refractivity contribution in [3.8, 4) is 11.6 Å². The van der Waals surface area contributed by atoms with Crippen molar-refractivity contribution in [2.45, 2.75) is 59.6 Å². The second-order valence-electron chi connectivity index (χ2n) is 10.7. The molecule has 0 aliphatic carbocycles. The van der Waals surface area contributed by atoms with Gasteiger partial charge in [-0.25, -0.2) is 4.98 Å². The van der Waals surface area contributed by atoms with Gasteiger partial charge in [0, 0.05) is 47.8 Å².